The zero-order chi connectivity index (χ0) is 32.6. The van der Waals surface area contributed by atoms with E-state index in [1.807, 2.05) is 0 Å². The van der Waals surface area contributed by atoms with Crippen molar-refractivity contribution in [1.82, 2.24) is 5.32 Å². The first-order valence-corrected chi connectivity index (χ1v) is 14.7. The van der Waals surface area contributed by atoms with Crippen molar-refractivity contribution in [3.8, 4) is 5.75 Å². The fraction of sp³-hybridized carbons (Fsp3) is 0.121. The van der Waals surface area contributed by atoms with Crippen LogP contribution in [0.4, 0.5) is 24.5 Å². The van der Waals surface area contributed by atoms with Gasteiger partial charge in [-0.2, -0.15) is 13.2 Å². The third kappa shape index (κ3) is 9.37. The Labute approximate surface area is 266 Å². The summed E-state index contributed by atoms with van der Waals surface area (Å²) in [5.74, 6) is -0.936. The molecule has 232 valence electrons. The number of anilines is 2. The van der Waals surface area contributed by atoms with Gasteiger partial charge in [0.1, 0.15) is 11.4 Å². The van der Waals surface area contributed by atoms with Gasteiger partial charge in [-0.05, 0) is 85.3 Å². The van der Waals surface area contributed by atoms with Gasteiger partial charge in [0.05, 0.1) is 28.6 Å². The van der Waals surface area contributed by atoms with Crippen LogP contribution in [0.3, 0.4) is 0 Å². The highest BCUT2D eigenvalue weighted by Gasteiger charge is 2.31. The van der Waals surface area contributed by atoms with Crippen LogP contribution in [-0.2, 0) is 15.8 Å². The summed E-state index contributed by atoms with van der Waals surface area (Å²) in [7, 11) is 1.54. The first kappa shape index (κ1) is 33.2. The fourth-order valence-corrected chi connectivity index (χ4v) is 4.95. The van der Waals surface area contributed by atoms with Crippen molar-refractivity contribution in [3.05, 3.63) is 124 Å². The Bertz CT molecular complexity index is 1700. The van der Waals surface area contributed by atoms with Gasteiger partial charge in [-0.15, -0.1) is 11.8 Å². The number of alkyl halides is 3. The van der Waals surface area contributed by atoms with Crippen LogP contribution in [0.25, 0.3) is 6.08 Å². The molecule has 0 spiro atoms. The topological polar surface area (TPSA) is 96.5 Å². The number of ether oxygens (including phenoxy) is 1. The summed E-state index contributed by atoms with van der Waals surface area (Å²) in [6.45, 7) is 1.60. The summed E-state index contributed by atoms with van der Waals surface area (Å²) < 4.78 is 44.4. The lowest BCUT2D eigenvalue weighted by molar-refractivity contribution is -0.137. The lowest BCUT2D eigenvalue weighted by atomic mass is 10.1. The number of nitrogens with one attached hydrogen (secondary N) is 3. The van der Waals surface area contributed by atoms with Crippen molar-refractivity contribution in [2.75, 3.05) is 17.7 Å². The van der Waals surface area contributed by atoms with Gasteiger partial charge in [0.25, 0.3) is 11.8 Å². The summed E-state index contributed by atoms with van der Waals surface area (Å²) in [5.41, 5.74) is 0.389. The Kier molecular flexibility index (Phi) is 10.9. The molecular weight excluding hydrogens is 627 g/mol. The van der Waals surface area contributed by atoms with Crippen molar-refractivity contribution in [1.29, 1.82) is 0 Å². The van der Waals surface area contributed by atoms with Crippen molar-refractivity contribution in [3.63, 3.8) is 0 Å². The van der Waals surface area contributed by atoms with Crippen LogP contribution in [0, 0.1) is 0 Å². The van der Waals surface area contributed by atoms with Crippen LogP contribution in [0.15, 0.2) is 108 Å². The van der Waals surface area contributed by atoms with Gasteiger partial charge in [0, 0.05) is 16.1 Å². The number of amides is 3. The molecule has 0 bridgehead atoms. The molecule has 0 aliphatic rings. The molecule has 0 saturated heterocycles. The van der Waals surface area contributed by atoms with E-state index in [1.54, 1.807) is 92.9 Å². The number of thioether (sulfide) groups is 1. The smallest absolute Gasteiger partial charge is 0.416 e. The highest BCUT2D eigenvalue weighted by molar-refractivity contribution is 8.00. The fourth-order valence-electron chi connectivity index (χ4n) is 3.91. The molecule has 3 amide bonds. The average molecular weight is 654 g/mol. The van der Waals surface area contributed by atoms with Crippen LogP contribution in [0.5, 0.6) is 5.75 Å². The number of methoxy groups -OCH3 is 1. The maximum Gasteiger partial charge on any atom is 0.416 e. The second kappa shape index (κ2) is 14.8. The quantitative estimate of drug-likeness (QED) is 0.119. The van der Waals surface area contributed by atoms with E-state index in [9.17, 15) is 27.6 Å². The van der Waals surface area contributed by atoms with Crippen LogP contribution < -0.4 is 20.7 Å². The number of carbonyl (C=O) groups is 3. The monoisotopic (exact) mass is 653 g/mol. The van der Waals surface area contributed by atoms with Crippen molar-refractivity contribution >= 4 is 58.5 Å². The third-order valence-electron chi connectivity index (χ3n) is 6.30. The van der Waals surface area contributed by atoms with Gasteiger partial charge in [-0.1, -0.05) is 41.9 Å². The van der Waals surface area contributed by atoms with E-state index in [0.717, 1.165) is 30.0 Å². The normalized spacial score (nSPS) is 12.2. The molecule has 3 N–H and O–H groups in total. The Hall–Kier alpha value is -4.74. The number of benzene rings is 4. The molecule has 0 radical (unpaired) electrons. The number of halogens is 4. The molecule has 4 rings (SSSR count). The minimum atomic E-state index is -4.58. The SMILES string of the molecule is COc1ccc(/C=C(\NC(=O)c2ccccc2)C(=O)Nc2ccc(SC(C)C(=O)Nc3cc(C(F)(F)F)ccc3Cl)cc2)cc1. The molecular formula is C33H27ClF3N3O4S. The van der Waals surface area contributed by atoms with Crippen LogP contribution >= 0.6 is 23.4 Å². The van der Waals surface area contributed by atoms with E-state index in [1.165, 1.54) is 6.08 Å². The van der Waals surface area contributed by atoms with Gasteiger partial charge >= 0.3 is 6.18 Å². The summed E-state index contributed by atoms with van der Waals surface area (Å²) in [5, 5.41) is 7.17. The summed E-state index contributed by atoms with van der Waals surface area (Å²) in [6, 6.07) is 24.7. The van der Waals surface area contributed by atoms with Gasteiger partial charge in [-0.25, -0.2) is 0 Å². The molecule has 1 atom stereocenters. The lowest BCUT2D eigenvalue weighted by Crippen LogP contribution is -2.30. The van der Waals surface area contributed by atoms with Crippen molar-refractivity contribution in [2.45, 2.75) is 23.2 Å². The molecule has 4 aromatic rings. The first-order valence-electron chi connectivity index (χ1n) is 13.4. The number of rotatable bonds is 10. The van der Waals surface area contributed by atoms with E-state index in [2.05, 4.69) is 16.0 Å². The number of hydrogen-bond donors (Lipinski definition) is 3. The Morgan fingerprint density at radius 1 is 0.889 bits per heavy atom. The minimum Gasteiger partial charge on any atom is -0.497 e. The number of carbonyl (C=O) groups excluding carboxylic acids is 3. The first-order chi connectivity index (χ1) is 21.4. The molecule has 45 heavy (non-hydrogen) atoms. The Balaban J connectivity index is 1.43. The predicted octanol–water partition coefficient (Wildman–Crippen LogP) is 7.90. The zero-order valence-electron chi connectivity index (χ0n) is 23.9. The minimum absolute atomic E-state index is 0.00557. The Morgan fingerprint density at radius 3 is 2.18 bits per heavy atom. The average Bonchev–Trinajstić information content (AvgIpc) is 3.02. The highest BCUT2D eigenvalue weighted by Crippen LogP contribution is 2.34. The molecule has 0 fully saturated rings. The summed E-state index contributed by atoms with van der Waals surface area (Å²) in [6.07, 6.45) is -3.04. The number of hydrogen-bond acceptors (Lipinski definition) is 5. The van der Waals surface area contributed by atoms with E-state index >= 15 is 0 Å². The molecule has 4 aromatic carbocycles. The van der Waals surface area contributed by atoms with Gasteiger partial charge in [0.2, 0.25) is 5.91 Å². The molecule has 0 aromatic heterocycles. The van der Waals surface area contributed by atoms with E-state index in [-0.39, 0.29) is 16.4 Å². The van der Waals surface area contributed by atoms with Gasteiger partial charge in [-0.3, -0.25) is 14.4 Å². The maximum absolute atomic E-state index is 13.3. The molecule has 0 saturated carbocycles. The second-order valence-corrected chi connectivity index (χ2v) is 11.4. The lowest BCUT2D eigenvalue weighted by Gasteiger charge is -2.15. The third-order valence-corrected chi connectivity index (χ3v) is 7.74. The molecule has 7 nitrogen and oxygen atoms in total. The van der Waals surface area contributed by atoms with Gasteiger partial charge in [0.15, 0.2) is 0 Å². The van der Waals surface area contributed by atoms with E-state index < -0.39 is 34.7 Å². The van der Waals surface area contributed by atoms with E-state index in [0.29, 0.717) is 27.5 Å². The molecule has 0 aliphatic heterocycles. The summed E-state index contributed by atoms with van der Waals surface area (Å²) in [4.78, 5) is 39.5. The van der Waals surface area contributed by atoms with Gasteiger partial charge < -0.3 is 20.7 Å². The standard InChI is InChI=1S/C33H27ClF3N3O4S/c1-20(30(41)39-28-19-23(33(35,36)37)10-17-27(28)34)45-26-15-11-24(12-16-26)38-32(43)29(18-21-8-13-25(44-2)14-9-21)40-31(42)22-6-4-3-5-7-22/h3-20H,1-2H3,(H,38,43)(H,39,41)(H,40,42)/b29-18-. The van der Waals surface area contributed by atoms with Crippen molar-refractivity contribution < 1.29 is 32.3 Å². The second-order valence-electron chi connectivity index (χ2n) is 9.57. The predicted molar refractivity (Wildman–Crippen MR) is 170 cm³/mol. The largest absolute Gasteiger partial charge is 0.497 e. The van der Waals surface area contributed by atoms with Crippen LogP contribution in [0.2, 0.25) is 5.02 Å². The molecule has 0 aliphatic carbocycles. The molecule has 1 unspecified atom stereocenters. The van der Waals surface area contributed by atoms with Crippen LogP contribution in [-0.4, -0.2) is 30.1 Å². The van der Waals surface area contributed by atoms with E-state index in [4.69, 9.17) is 16.3 Å². The highest BCUT2D eigenvalue weighted by atomic mass is 35.5. The van der Waals surface area contributed by atoms with Crippen LogP contribution in [0.1, 0.15) is 28.4 Å². The Morgan fingerprint density at radius 2 is 1.56 bits per heavy atom. The molecule has 0 heterocycles. The van der Waals surface area contributed by atoms with Crippen molar-refractivity contribution in [2.24, 2.45) is 0 Å². The summed E-state index contributed by atoms with van der Waals surface area (Å²) >= 11 is 7.16. The zero-order valence-corrected chi connectivity index (χ0v) is 25.5. The maximum atomic E-state index is 13.3. The molecule has 12 heteroatoms.